The first-order valence-electron chi connectivity index (χ1n) is 5.43. The van der Waals surface area contributed by atoms with E-state index in [1.165, 1.54) is 11.8 Å². The maximum atomic E-state index is 11.8. The fourth-order valence-corrected chi connectivity index (χ4v) is 1.76. The van der Waals surface area contributed by atoms with E-state index in [0.717, 1.165) is 19.1 Å². The summed E-state index contributed by atoms with van der Waals surface area (Å²) >= 11 is 0. The van der Waals surface area contributed by atoms with Gasteiger partial charge in [0.15, 0.2) is 9.84 Å². The maximum absolute atomic E-state index is 11.8. The van der Waals surface area contributed by atoms with Crippen LogP contribution in [0.5, 0.6) is 0 Å². The summed E-state index contributed by atoms with van der Waals surface area (Å²) < 4.78 is 22.5. The quantitative estimate of drug-likeness (QED) is 0.693. The highest BCUT2D eigenvalue weighted by Crippen LogP contribution is 2.05. The van der Waals surface area contributed by atoms with E-state index in [-0.39, 0.29) is 13.2 Å². The monoisotopic (exact) mass is 251 g/mol. The molecule has 96 valence electrons. The van der Waals surface area contributed by atoms with Gasteiger partial charge in [0.05, 0.1) is 6.61 Å². The largest absolute Gasteiger partial charge is 0.395 e. The van der Waals surface area contributed by atoms with Crippen LogP contribution < -0.4 is 0 Å². The number of aliphatic hydroxyl groups is 1. The third-order valence-corrected chi connectivity index (χ3v) is 3.94. The topological polar surface area (TPSA) is 74.7 Å². The minimum absolute atomic E-state index is 0.147. The number of sulfone groups is 1. The van der Waals surface area contributed by atoms with E-state index in [9.17, 15) is 13.2 Å². The summed E-state index contributed by atoms with van der Waals surface area (Å²) in [6.07, 6.45) is 2.77. The molecule has 0 aromatic rings. The Bertz CT molecular complexity index is 313. The fraction of sp³-hybridized carbons (Fsp3) is 0.900. The standard InChI is InChI=1S/C10H21NO4S/c1-4-5-6-11(7-8-12)10(13)9(2)16(3,14)15/h9,12H,4-8H2,1-3H3. The van der Waals surface area contributed by atoms with Gasteiger partial charge in [0.25, 0.3) is 0 Å². The summed E-state index contributed by atoms with van der Waals surface area (Å²) in [6.45, 7) is 3.91. The molecule has 0 aliphatic rings. The fourth-order valence-electron chi connectivity index (χ4n) is 1.24. The molecule has 0 radical (unpaired) electrons. The highest BCUT2D eigenvalue weighted by atomic mass is 32.2. The van der Waals surface area contributed by atoms with Crippen LogP contribution in [0.25, 0.3) is 0 Å². The minimum Gasteiger partial charge on any atom is -0.395 e. The minimum atomic E-state index is -3.36. The van der Waals surface area contributed by atoms with Crippen LogP contribution in [0.1, 0.15) is 26.7 Å². The van der Waals surface area contributed by atoms with Crippen molar-refractivity contribution in [3.05, 3.63) is 0 Å². The Hall–Kier alpha value is -0.620. The molecule has 16 heavy (non-hydrogen) atoms. The van der Waals surface area contributed by atoms with Crippen LogP contribution in [0.2, 0.25) is 0 Å². The number of rotatable bonds is 7. The highest BCUT2D eigenvalue weighted by molar-refractivity contribution is 7.92. The van der Waals surface area contributed by atoms with Crippen LogP contribution in [0.4, 0.5) is 0 Å². The van der Waals surface area contributed by atoms with Gasteiger partial charge in [-0.25, -0.2) is 8.42 Å². The lowest BCUT2D eigenvalue weighted by Gasteiger charge is -2.24. The summed E-state index contributed by atoms with van der Waals surface area (Å²) in [4.78, 5) is 13.2. The number of carbonyl (C=O) groups is 1. The van der Waals surface area contributed by atoms with Gasteiger partial charge in [0.1, 0.15) is 5.25 Å². The molecule has 0 rings (SSSR count). The van der Waals surface area contributed by atoms with Gasteiger partial charge in [0, 0.05) is 19.3 Å². The molecule has 0 aromatic heterocycles. The molecule has 0 aliphatic heterocycles. The van der Waals surface area contributed by atoms with E-state index < -0.39 is 21.0 Å². The Balaban J connectivity index is 4.60. The molecule has 0 heterocycles. The second-order valence-electron chi connectivity index (χ2n) is 3.87. The van der Waals surface area contributed by atoms with Gasteiger partial charge in [-0.2, -0.15) is 0 Å². The number of hydrogen-bond acceptors (Lipinski definition) is 4. The third kappa shape index (κ3) is 4.94. The van der Waals surface area contributed by atoms with E-state index in [1.54, 1.807) is 0 Å². The summed E-state index contributed by atoms with van der Waals surface area (Å²) in [5.41, 5.74) is 0. The van der Waals surface area contributed by atoms with Crippen molar-refractivity contribution in [1.29, 1.82) is 0 Å². The van der Waals surface area contributed by atoms with Crippen molar-refractivity contribution in [3.63, 3.8) is 0 Å². The molecule has 5 nitrogen and oxygen atoms in total. The van der Waals surface area contributed by atoms with Gasteiger partial charge in [-0.3, -0.25) is 4.79 Å². The van der Waals surface area contributed by atoms with Gasteiger partial charge in [0.2, 0.25) is 5.91 Å². The first-order valence-corrected chi connectivity index (χ1v) is 7.38. The Kier molecular flexibility index (Phi) is 6.59. The molecule has 0 bridgehead atoms. The maximum Gasteiger partial charge on any atom is 0.240 e. The van der Waals surface area contributed by atoms with E-state index in [1.807, 2.05) is 6.92 Å². The van der Waals surface area contributed by atoms with Crippen LogP contribution in [-0.4, -0.2) is 55.5 Å². The summed E-state index contributed by atoms with van der Waals surface area (Å²) in [5, 5.41) is 7.79. The molecule has 0 aliphatic carbocycles. The van der Waals surface area contributed by atoms with E-state index in [0.29, 0.717) is 6.54 Å². The summed E-state index contributed by atoms with van der Waals surface area (Å²) in [7, 11) is -3.36. The zero-order chi connectivity index (χ0) is 12.8. The average molecular weight is 251 g/mol. The number of hydrogen-bond donors (Lipinski definition) is 1. The molecular weight excluding hydrogens is 230 g/mol. The van der Waals surface area contributed by atoms with Gasteiger partial charge >= 0.3 is 0 Å². The first kappa shape index (κ1) is 15.4. The molecule has 1 atom stereocenters. The van der Waals surface area contributed by atoms with Gasteiger partial charge in [-0.1, -0.05) is 13.3 Å². The molecule has 0 aromatic carbocycles. The number of unbranched alkanes of at least 4 members (excludes halogenated alkanes) is 1. The molecule has 0 spiro atoms. The molecule has 0 fully saturated rings. The normalized spacial score (nSPS) is 13.5. The number of carbonyl (C=O) groups excluding carboxylic acids is 1. The van der Waals surface area contributed by atoms with Gasteiger partial charge in [-0.15, -0.1) is 0 Å². The summed E-state index contributed by atoms with van der Waals surface area (Å²) in [5.74, 6) is -0.426. The lowest BCUT2D eigenvalue weighted by atomic mass is 10.3. The Morgan fingerprint density at radius 3 is 2.31 bits per heavy atom. The second-order valence-corrected chi connectivity index (χ2v) is 6.24. The molecular formula is C10H21NO4S. The predicted molar refractivity (Wildman–Crippen MR) is 62.9 cm³/mol. The average Bonchev–Trinajstić information content (AvgIpc) is 2.20. The van der Waals surface area contributed by atoms with Gasteiger partial charge < -0.3 is 10.0 Å². The molecule has 0 saturated carbocycles. The molecule has 1 unspecified atom stereocenters. The molecule has 1 N–H and O–H groups in total. The lowest BCUT2D eigenvalue weighted by molar-refractivity contribution is -0.131. The smallest absolute Gasteiger partial charge is 0.240 e. The van der Waals surface area contributed by atoms with Crippen LogP contribution in [0.3, 0.4) is 0 Å². The van der Waals surface area contributed by atoms with Crippen molar-refractivity contribution < 1.29 is 18.3 Å². The molecule has 6 heteroatoms. The SMILES string of the molecule is CCCCN(CCO)C(=O)C(C)S(C)(=O)=O. The second kappa shape index (κ2) is 6.85. The molecule has 0 saturated heterocycles. The van der Waals surface area contributed by atoms with Crippen molar-refractivity contribution in [2.45, 2.75) is 31.9 Å². The van der Waals surface area contributed by atoms with Crippen molar-refractivity contribution in [2.24, 2.45) is 0 Å². The third-order valence-electron chi connectivity index (χ3n) is 2.45. The van der Waals surface area contributed by atoms with Crippen molar-refractivity contribution in [1.82, 2.24) is 4.90 Å². The van der Waals surface area contributed by atoms with Crippen molar-refractivity contribution in [2.75, 3.05) is 26.0 Å². The predicted octanol–water partition coefficient (Wildman–Crippen LogP) is 0.0405. The van der Waals surface area contributed by atoms with Crippen LogP contribution in [0, 0.1) is 0 Å². The highest BCUT2D eigenvalue weighted by Gasteiger charge is 2.27. The Labute approximate surface area is 97.4 Å². The van der Waals surface area contributed by atoms with Crippen LogP contribution >= 0.6 is 0 Å². The van der Waals surface area contributed by atoms with E-state index in [4.69, 9.17) is 5.11 Å². The Morgan fingerprint density at radius 1 is 1.38 bits per heavy atom. The number of aliphatic hydroxyl groups excluding tert-OH is 1. The van der Waals surface area contributed by atoms with E-state index >= 15 is 0 Å². The van der Waals surface area contributed by atoms with Crippen LogP contribution in [-0.2, 0) is 14.6 Å². The van der Waals surface area contributed by atoms with Crippen molar-refractivity contribution >= 4 is 15.7 Å². The number of amides is 1. The van der Waals surface area contributed by atoms with Crippen LogP contribution in [0.15, 0.2) is 0 Å². The number of nitrogens with zero attached hydrogens (tertiary/aromatic N) is 1. The summed E-state index contributed by atoms with van der Waals surface area (Å²) in [6, 6.07) is 0. The van der Waals surface area contributed by atoms with E-state index in [2.05, 4.69) is 0 Å². The zero-order valence-corrected chi connectivity index (χ0v) is 11.0. The Morgan fingerprint density at radius 2 is 1.94 bits per heavy atom. The molecule has 1 amide bonds. The first-order chi connectivity index (χ1) is 7.34. The lowest BCUT2D eigenvalue weighted by Crippen LogP contribution is -2.43. The zero-order valence-electron chi connectivity index (χ0n) is 10.1. The van der Waals surface area contributed by atoms with Gasteiger partial charge in [-0.05, 0) is 13.3 Å². The van der Waals surface area contributed by atoms with Crippen molar-refractivity contribution in [3.8, 4) is 0 Å².